The van der Waals surface area contributed by atoms with Crippen molar-refractivity contribution in [1.29, 1.82) is 0 Å². The van der Waals surface area contributed by atoms with Gasteiger partial charge in [0.25, 0.3) is 0 Å². The topological polar surface area (TPSA) is 75.5 Å². The summed E-state index contributed by atoms with van der Waals surface area (Å²) >= 11 is 0. The Hall–Kier alpha value is -1.76. The monoisotopic (exact) mass is 289 g/mol. The number of hydrogen-bond donors (Lipinski definition) is 1. The second-order valence-corrected chi connectivity index (χ2v) is 5.66. The van der Waals surface area contributed by atoms with E-state index in [-0.39, 0.29) is 6.04 Å². The van der Waals surface area contributed by atoms with Crippen LogP contribution in [0.1, 0.15) is 56.1 Å². The fourth-order valence-corrected chi connectivity index (χ4v) is 2.97. The summed E-state index contributed by atoms with van der Waals surface area (Å²) in [6.45, 7) is 6.91. The molecule has 0 radical (unpaired) electrons. The van der Waals surface area contributed by atoms with Crippen molar-refractivity contribution in [2.75, 3.05) is 6.54 Å². The molecule has 0 aliphatic carbocycles. The first kappa shape index (κ1) is 14.2. The first-order valence-corrected chi connectivity index (χ1v) is 7.77. The number of nitrogens with zero attached hydrogens (tertiary/aromatic N) is 6. The smallest absolute Gasteiger partial charge is 0.167 e. The highest BCUT2D eigenvalue weighted by Gasteiger charge is 2.28. The van der Waals surface area contributed by atoms with Crippen molar-refractivity contribution in [3.05, 3.63) is 23.8 Å². The number of aromatic amines is 1. The highest BCUT2D eigenvalue weighted by atomic mass is 15.4. The number of aryl methyl sites for hydroxylation is 2. The predicted molar refractivity (Wildman–Crippen MR) is 78.4 cm³/mol. The molecule has 21 heavy (non-hydrogen) atoms. The summed E-state index contributed by atoms with van der Waals surface area (Å²) in [5, 5.41) is 11.6. The zero-order valence-corrected chi connectivity index (χ0v) is 12.8. The molecule has 114 valence electrons. The molecule has 1 aliphatic heterocycles. The number of piperidine rings is 1. The molecule has 7 nitrogen and oxygen atoms in total. The van der Waals surface area contributed by atoms with E-state index in [2.05, 4.69) is 37.1 Å². The Morgan fingerprint density at radius 1 is 1.38 bits per heavy atom. The largest absolute Gasteiger partial charge is 0.286 e. The van der Waals surface area contributed by atoms with Gasteiger partial charge in [-0.2, -0.15) is 10.2 Å². The van der Waals surface area contributed by atoms with Crippen LogP contribution in [0.25, 0.3) is 0 Å². The average Bonchev–Trinajstić information content (AvgIpc) is 3.10. The molecule has 1 saturated heterocycles. The van der Waals surface area contributed by atoms with E-state index >= 15 is 0 Å². The summed E-state index contributed by atoms with van der Waals surface area (Å²) in [4.78, 5) is 11.4. The van der Waals surface area contributed by atoms with Crippen molar-refractivity contribution in [2.45, 2.75) is 58.7 Å². The Labute approximate surface area is 124 Å². The maximum atomic E-state index is 4.52. The number of aromatic nitrogens is 6. The Balaban J connectivity index is 1.76. The summed E-state index contributed by atoms with van der Waals surface area (Å²) in [6, 6.07) is 0.287. The molecule has 2 aromatic heterocycles. The minimum atomic E-state index is 0.287. The van der Waals surface area contributed by atoms with Gasteiger partial charge in [-0.1, -0.05) is 13.3 Å². The van der Waals surface area contributed by atoms with Gasteiger partial charge >= 0.3 is 0 Å². The van der Waals surface area contributed by atoms with Gasteiger partial charge < -0.3 is 0 Å². The molecule has 0 saturated carbocycles. The lowest BCUT2D eigenvalue weighted by Gasteiger charge is -2.33. The van der Waals surface area contributed by atoms with Crippen LogP contribution in [0.2, 0.25) is 0 Å². The summed E-state index contributed by atoms with van der Waals surface area (Å²) in [5.41, 5.74) is 0. The van der Waals surface area contributed by atoms with Crippen molar-refractivity contribution in [3.8, 4) is 0 Å². The van der Waals surface area contributed by atoms with Gasteiger partial charge in [0.05, 0.1) is 12.6 Å². The molecule has 0 aromatic carbocycles. The second kappa shape index (κ2) is 6.34. The lowest BCUT2D eigenvalue weighted by atomic mass is 10.0. The minimum Gasteiger partial charge on any atom is -0.286 e. The highest BCUT2D eigenvalue weighted by Crippen LogP contribution is 2.29. The van der Waals surface area contributed by atoms with Crippen LogP contribution in [0.4, 0.5) is 0 Å². The van der Waals surface area contributed by atoms with Gasteiger partial charge in [0.15, 0.2) is 5.82 Å². The molecule has 3 heterocycles. The molecule has 1 N–H and O–H groups in total. The van der Waals surface area contributed by atoms with Crippen molar-refractivity contribution in [2.24, 2.45) is 0 Å². The Kier molecular flexibility index (Phi) is 4.28. The van der Waals surface area contributed by atoms with Crippen molar-refractivity contribution < 1.29 is 0 Å². The van der Waals surface area contributed by atoms with Crippen LogP contribution in [0.15, 0.2) is 6.33 Å². The molecule has 1 aliphatic rings. The maximum Gasteiger partial charge on any atom is 0.167 e. The van der Waals surface area contributed by atoms with Crippen molar-refractivity contribution in [1.82, 2.24) is 34.8 Å². The normalized spacial score (nSPS) is 20.0. The van der Waals surface area contributed by atoms with E-state index < -0.39 is 0 Å². The summed E-state index contributed by atoms with van der Waals surface area (Å²) in [7, 11) is 0. The van der Waals surface area contributed by atoms with E-state index in [1.54, 1.807) is 6.33 Å². The third kappa shape index (κ3) is 3.12. The number of nitrogens with one attached hydrogen (secondary N) is 1. The Bertz CT molecular complexity index is 573. The molecular formula is C14H23N7. The van der Waals surface area contributed by atoms with Crippen LogP contribution < -0.4 is 0 Å². The fraction of sp³-hybridized carbons (Fsp3) is 0.714. The van der Waals surface area contributed by atoms with Gasteiger partial charge in [-0.25, -0.2) is 14.6 Å². The molecule has 3 rings (SSSR count). The molecule has 0 spiro atoms. The minimum absolute atomic E-state index is 0.287. The van der Waals surface area contributed by atoms with Crippen LogP contribution >= 0.6 is 0 Å². The summed E-state index contributed by atoms with van der Waals surface area (Å²) in [5.74, 6) is 2.83. The van der Waals surface area contributed by atoms with Crippen molar-refractivity contribution in [3.63, 3.8) is 0 Å². The van der Waals surface area contributed by atoms with Crippen LogP contribution in [-0.4, -0.2) is 41.4 Å². The van der Waals surface area contributed by atoms with Gasteiger partial charge in [-0.15, -0.1) is 0 Å². The molecule has 0 unspecified atom stereocenters. The average molecular weight is 289 g/mol. The van der Waals surface area contributed by atoms with E-state index in [1.807, 2.05) is 11.6 Å². The molecular weight excluding hydrogens is 266 g/mol. The van der Waals surface area contributed by atoms with Crippen molar-refractivity contribution >= 4 is 0 Å². The first-order valence-electron chi connectivity index (χ1n) is 7.77. The number of hydrogen-bond acceptors (Lipinski definition) is 5. The zero-order chi connectivity index (χ0) is 14.7. The van der Waals surface area contributed by atoms with Crippen LogP contribution in [0.5, 0.6) is 0 Å². The second-order valence-electron chi connectivity index (χ2n) is 5.66. The van der Waals surface area contributed by atoms with Crippen LogP contribution in [0.3, 0.4) is 0 Å². The van der Waals surface area contributed by atoms with E-state index in [4.69, 9.17) is 0 Å². The molecule has 0 bridgehead atoms. The van der Waals surface area contributed by atoms with Gasteiger partial charge in [0.2, 0.25) is 0 Å². The van der Waals surface area contributed by atoms with E-state index in [9.17, 15) is 0 Å². The van der Waals surface area contributed by atoms with Crippen LogP contribution in [-0.2, 0) is 13.1 Å². The van der Waals surface area contributed by atoms with Gasteiger partial charge in [0.1, 0.15) is 18.0 Å². The standard InChI is InChI=1S/C14H23N7/c1-3-7-21-13(15-10-16-21)9-20-8-5-4-6-12(20)14-17-11(2)18-19-14/h10,12H,3-9H2,1-2H3,(H,17,18,19)/t12-/m0/s1. The van der Waals surface area contributed by atoms with Gasteiger partial charge in [-0.3, -0.25) is 10.00 Å². The highest BCUT2D eigenvalue weighted by molar-refractivity contribution is 4.99. The fourth-order valence-electron chi connectivity index (χ4n) is 2.97. The SMILES string of the molecule is CCCn1ncnc1CN1CCCC[C@H]1c1n[nH]c(C)n1. The summed E-state index contributed by atoms with van der Waals surface area (Å²) in [6.07, 6.45) is 6.29. The predicted octanol–water partition coefficient (Wildman–Crippen LogP) is 1.84. The number of H-pyrrole nitrogens is 1. The van der Waals surface area contributed by atoms with Gasteiger partial charge in [0, 0.05) is 6.54 Å². The Morgan fingerprint density at radius 2 is 2.29 bits per heavy atom. The lowest BCUT2D eigenvalue weighted by molar-refractivity contribution is 0.128. The van der Waals surface area contributed by atoms with Gasteiger partial charge in [-0.05, 0) is 32.7 Å². The number of likely N-dealkylation sites (tertiary alicyclic amines) is 1. The number of rotatable bonds is 5. The van der Waals surface area contributed by atoms with E-state index in [0.717, 1.165) is 49.9 Å². The first-order chi connectivity index (χ1) is 10.3. The molecule has 1 atom stereocenters. The molecule has 0 amide bonds. The third-order valence-corrected chi connectivity index (χ3v) is 4.00. The van der Waals surface area contributed by atoms with Crippen LogP contribution in [0, 0.1) is 6.92 Å². The third-order valence-electron chi connectivity index (χ3n) is 4.00. The Morgan fingerprint density at radius 3 is 3.05 bits per heavy atom. The van der Waals surface area contributed by atoms with E-state index in [1.165, 1.54) is 12.8 Å². The summed E-state index contributed by atoms with van der Waals surface area (Å²) < 4.78 is 2.01. The molecule has 2 aromatic rings. The van der Waals surface area contributed by atoms with E-state index in [0.29, 0.717) is 0 Å². The quantitative estimate of drug-likeness (QED) is 0.909. The lowest BCUT2D eigenvalue weighted by Crippen LogP contribution is -2.34. The zero-order valence-electron chi connectivity index (χ0n) is 12.8. The maximum absolute atomic E-state index is 4.52. The molecule has 7 heteroatoms. The molecule has 1 fully saturated rings.